The molecule has 8 atom stereocenters. The number of hydrogen-bond acceptors (Lipinski definition) is 6. The number of unbranched alkanes of at least 4 members (excludes halogenated alkanes) is 1. The van der Waals surface area contributed by atoms with Crippen LogP contribution in [-0.4, -0.2) is 45.8 Å². The molecule has 0 aliphatic heterocycles. The molecule has 4 aliphatic rings. The van der Waals surface area contributed by atoms with Crippen LogP contribution >= 0.6 is 12.6 Å². The number of hydrogen-bond donors (Lipinski definition) is 2. The van der Waals surface area contributed by atoms with Crippen LogP contribution in [0.15, 0.2) is 23.8 Å². The van der Waals surface area contributed by atoms with Gasteiger partial charge in [0.25, 0.3) is 0 Å². The molecular formula is C27H37FO5S. The van der Waals surface area contributed by atoms with E-state index in [0.29, 0.717) is 25.7 Å². The lowest BCUT2D eigenvalue weighted by molar-refractivity contribution is -0.227. The van der Waals surface area contributed by atoms with Crippen LogP contribution in [0.5, 0.6) is 0 Å². The first kappa shape index (κ1) is 25.6. The first-order valence-electron chi connectivity index (χ1n) is 12.6. The summed E-state index contributed by atoms with van der Waals surface area (Å²) in [4.78, 5) is 38.4. The first-order valence-corrected chi connectivity index (χ1v) is 13.2. The lowest BCUT2D eigenvalue weighted by atomic mass is 9.44. The van der Waals surface area contributed by atoms with E-state index < -0.39 is 40.1 Å². The summed E-state index contributed by atoms with van der Waals surface area (Å²) in [5, 5.41) is 11.5. The minimum absolute atomic E-state index is 0.000237. The highest BCUT2D eigenvalue weighted by Gasteiger charge is 2.77. The molecule has 7 heteroatoms. The third-order valence-corrected chi connectivity index (χ3v) is 10.0. The van der Waals surface area contributed by atoms with Crippen molar-refractivity contribution in [2.45, 2.75) is 90.0 Å². The average Bonchev–Trinajstić information content (AvgIpc) is 3.00. The zero-order chi connectivity index (χ0) is 25.1. The molecule has 0 aromatic rings. The molecule has 5 nitrogen and oxygen atoms in total. The van der Waals surface area contributed by atoms with Crippen molar-refractivity contribution in [2.75, 3.05) is 5.75 Å². The molecule has 1 N–H and O–H groups in total. The van der Waals surface area contributed by atoms with Gasteiger partial charge in [-0.1, -0.05) is 38.8 Å². The number of carbonyl (C=O) groups is 3. The Hall–Kier alpha value is -1.47. The number of esters is 1. The van der Waals surface area contributed by atoms with Gasteiger partial charge in [0.2, 0.25) is 0 Å². The summed E-state index contributed by atoms with van der Waals surface area (Å²) in [5.74, 6) is -2.07. The van der Waals surface area contributed by atoms with Gasteiger partial charge in [0.15, 0.2) is 22.8 Å². The predicted octanol–water partition coefficient (Wildman–Crippen LogP) is 4.57. The topological polar surface area (TPSA) is 80.7 Å². The second-order valence-electron chi connectivity index (χ2n) is 11.3. The number of halogens is 1. The summed E-state index contributed by atoms with van der Waals surface area (Å²) in [6.45, 7) is 7.55. The maximum Gasteiger partial charge on any atom is 0.306 e. The van der Waals surface area contributed by atoms with Crippen molar-refractivity contribution in [3.63, 3.8) is 0 Å². The van der Waals surface area contributed by atoms with Gasteiger partial charge in [0.1, 0.15) is 0 Å². The Morgan fingerprint density at radius 3 is 2.65 bits per heavy atom. The number of ketones is 2. The predicted molar refractivity (Wildman–Crippen MR) is 130 cm³/mol. The number of ether oxygens (including phenoxy) is 1. The Labute approximate surface area is 207 Å². The fraction of sp³-hybridized carbons (Fsp3) is 0.741. The van der Waals surface area contributed by atoms with Crippen LogP contribution in [0.4, 0.5) is 4.39 Å². The van der Waals surface area contributed by atoms with Crippen molar-refractivity contribution in [1.29, 1.82) is 0 Å². The Morgan fingerprint density at radius 2 is 2.00 bits per heavy atom. The summed E-state index contributed by atoms with van der Waals surface area (Å²) in [5.41, 5.74) is -4.72. The van der Waals surface area contributed by atoms with Crippen LogP contribution in [0, 0.1) is 28.6 Å². The maximum atomic E-state index is 17.3. The van der Waals surface area contributed by atoms with Gasteiger partial charge in [-0.15, -0.1) is 0 Å². The maximum absolute atomic E-state index is 17.3. The Balaban J connectivity index is 1.80. The van der Waals surface area contributed by atoms with Crippen LogP contribution in [0.1, 0.15) is 72.6 Å². The Kier molecular flexibility index (Phi) is 6.46. The van der Waals surface area contributed by atoms with Crippen molar-refractivity contribution in [3.8, 4) is 0 Å². The molecule has 0 amide bonds. The number of aliphatic hydroxyl groups excluding tert-OH is 1. The summed E-state index contributed by atoms with van der Waals surface area (Å²) >= 11 is 4.26. The van der Waals surface area contributed by atoms with Gasteiger partial charge in [-0.3, -0.25) is 14.4 Å². The van der Waals surface area contributed by atoms with E-state index in [9.17, 15) is 19.5 Å². The molecule has 4 rings (SSSR count). The number of thiol groups is 1. The molecule has 34 heavy (non-hydrogen) atoms. The molecule has 0 bridgehead atoms. The lowest BCUT2D eigenvalue weighted by Crippen LogP contribution is -2.70. The van der Waals surface area contributed by atoms with Crippen LogP contribution in [0.25, 0.3) is 0 Å². The smallest absolute Gasteiger partial charge is 0.306 e. The van der Waals surface area contributed by atoms with Gasteiger partial charge in [0, 0.05) is 29.1 Å². The summed E-state index contributed by atoms with van der Waals surface area (Å²) < 4.78 is 23.4. The fourth-order valence-corrected chi connectivity index (χ4v) is 8.30. The molecule has 188 valence electrons. The van der Waals surface area contributed by atoms with Crippen molar-refractivity contribution in [2.24, 2.45) is 28.6 Å². The van der Waals surface area contributed by atoms with E-state index in [0.717, 1.165) is 12.0 Å². The molecular weight excluding hydrogens is 455 g/mol. The van der Waals surface area contributed by atoms with Crippen LogP contribution in [0.3, 0.4) is 0 Å². The third kappa shape index (κ3) is 3.18. The molecule has 0 aromatic carbocycles. The SMILES string of the molecule is CCCCC(=O)O[C@]1(C(=O)CS)C(C)C[C@H]2[C@@H]3CCC4=CC(=O)C=C[C@]4(C)[C@@]3(F)C(O)C[C@@]21C. The van der Waals surface area contributed by atoms with Crippen LogP contribution in [-0.2, 0) is 19.1 Å². The Bertz CT molecular complexity index is 961. The highest BCUT2D eigenvalue weighted by molar-refractivity contribution is 7.81. The second-order valence-corrected chi connectivity index (χ2v) is 11.6. The molecule has 4 aliphatic carbocycles. The highest BCUT2D eigenvalue weighted by atomic mass is 32.1. The zero-order valence-corrected chi connectivity index (χ0v) is 21.5. The number of rotatable bonds is 6. The molecule has 0 radical (unpaired) electrons. The zero-order valence-electron chi connectivity index (χ0n) is 20.6. The van der Waals surface area contributed by atoms with E-state index in [4.69, 9.17) is 4.74 Å². The summed E-state index contributed by atoms with van der Waals surface area (Å²) in [6, 6.07) is 0. The van der Waals surface area contributed by atoms with Crippen LogP contribution < -0.4 is 0 Å². The van der Waals surface area contributed by atoms with Gasteiger partial charge >= 0.3 is 5.97 Å². The monoisotopic (exact) mass is 492 g/mol. The van der Waals surface area contributed by atoms with E-state index in [1.807, 2.05) is 20.8 Å². The van der Waals surface area contributed by atoms with Gasteiger partial charge in [0.05, 0.1) is 11.9 Å². The number of fused-ring (bicyclic) bond motifs is 5. The largest absolute Gasteiger partial charge is 0.450 e. The van der Waals surface area contributed by atoms with Gasteiger partial charge in [-0.2, -0.15) is 12.6 Å². The molecule has 0 spiro atoms. The van der Waals surface area contributed by atoms with E-state index in [-0.39, 0.29) is 42.0 Å². The first-order chi connectivity index (χ1) is 15.9. The lowest BCUT2D eigenvalue weighted by Gasteiger charge is -2.62. The average molecular weight is 493 g/mol. The van der Waals surface area contributed by atoms with E-state index >= 15 is 4.39 Å². The van der Waals surface area contributed by atoms with Crippen molar-refractivity contribution >= 4 is 30.2 Å². The molecule has 3 fully saturated rings. The molecule has 0 aromatic heterocycles. The number of carbonyl (C=O) groups excluding carboxylic acids is 3. The fourth-order valence-electron chi connectivity index (χ4n) is 8.07. The summed E-state index contributed by atoms with van der Waals surface area (Å²) in [6.07, 6.45) is 6.42. The van der Waals surface area contributed by atoms with Crippen molar-refractivity contribution in [3.05, 3.63) is 23.8 Å². The number of aliphatic hydroxyl groups is 1. The standard InChI is InChI=1S/C27H37FO5S/c1-5-6-7-23(32)33-27(22(31)15-34)16(2)12-20-19-9-8-17-13-18(29)10-11-24(17,3)26(19,28)21(30)14-25(20,27)4/h10-11,13,16,19-21,30,34H,5-9,12,14-15H2,1-4H3/t16?,19-,20-,21?,24-,25-,26-,27-/m0/s1. The molecule has 3 saturated carbocycles. The molecule has 2 unspecified atom stereocenters. The third-order valence-electron chi connectivity index (χ3n) is 9.75. The second kappa shape index (κ2) is 8.58. The number of allylic oxidation sites excluding steroid dienone is 4. The highest BCUT2D eigenvalue weighted by Crippen LogP contribution is 2.71. The quantitative estimate of drug-likeness (QED) is 0.419. The summed E-state index contributed by atoms with van der Waals surface area (Å²) in [7, 11) is 0. The van der Waals surface area contributed by atoms with E-state index in [1.165, 1.54) is 12.2 Å². The van der Waals surface area contributed by atoms with Gasteiger partial charge in [-0.05, 0) is 57.1 Å². The van der Waals surface area contributed by atoms with E-state index in [1.54, 1.807) is 13.0 Å². The van der Waals surface area contributed by atoms with Crippen molar-refractivity contribution in [1.82, 2.24) is 0 Å². The van der Waals surface area contributed by atoms with Crippen molar-refractivity contribution < 1.29 is 28.6 Å². The number of alkyl halides is 1. The van der Waals surface area contributed by atoms with Gasteiger partial charge in [-0.25, -0.2) is 4.39 Å². The minimum Gasteiger partial charge on any atom is -0.450 e. The van der Waals surface area contributed by atoms with Crippen LogP contribution in [0.2, 0.25) is 0 Å². The molecule has 0 saturated heterocycles. The Morgan fingerprint density at radius 1 is 1.29 bits per heavy atom. The number of Topliss-reactive ketones (excluding diaryl/α,β-unsaturated/α-hetero) is 1. The normalized spacial score (nSPS) is 45.1. The molecule has 0 heterocycles. The van der Waals surface area contributed by atoms with Gasteiger partial charge < -0.3 is 9.84 Å². The minimum atomic E-state index is -1.98. The van der Waals surface area contributed by atoms with E-state index in [2.05, 4.69) is 12.6 Å².